The van der Waals surface area contributed by atoms with Gasteiger partial charge < -0.3 is 9.73 Å². The molecule has 20 heavy (non-hydrogen) atoms. The van der Waals surface area contributed by atoms with E-state index in [-0.39, 0.29) is 0 Å². The maximum Gasteiger partial charge on any atom is 0.122 e. The van der Waals surface area contributed by atoms with Crippen LogP contribution < -0.4 is 5.32 Å². The van der Waals surface area contributed by atoms with Crippen LogP contribution in [0.1, 0.15) is 38.5 Å². The monoisotopic (exact) mass is 298 g/mol. The summed E-state index contributed by atoms with van der Waals surface area (Å²) in [5.74, 6) is 2.97. The molecule has 1 rings (SSSR count). The fraction of sp³-hybridized carbons (Fsp3) is 0.750. The fourth-order valence-electron chi connectivity index (χ4n) is 2.07. The molecular formula is C16H30N2OS. The third-order valence-electron chi connectivity index (χ3n) is 3.59. The fourth-order valence-corrected chi connectivity index (χ4v) is 2.65. The van der Waals surface area contributed by atoms with Crippen molar-refractivity contribution >= 4 is 11.8 Å². The van der Waals surface area contributed by atoms with Crippen molar-refractivity contribution in [3.63, 3.8) is 0 Å². The summed E-state index contributed by atoms with van der Waals surface area (Å²) in [6.07, 6.45) is 5.21. The minimum atomic E-state index is 0.605. The van der Waals surface area contributed by atoms with E-state index in [2.05, 4.69) is 50.4 Å². The Bertz CT molecular complexity index is 365. The number of rotatable bonds is 10. The second-order valence-electron chi connectivity index (χ2n) is 5.94. The number of nitrogens with one attached hydrogen (secondary N) is 1. The van der Waals surface area contributed by atoms with Gasteiger partial charge in [0, 0.05) is 18.2 Å². The summed E-state index contributed by atoms with van der Waals surface area (Å²) in [6.45, 7) is 9.56. The van der Waals surface area contributed by atoms with Crippen LogP contribution in [0.3, 0.4) is 0 Å². The maximum atomic E-state index is 5.61. The largest absolute Gasteiger partial charge is 0.468 e. The Hall–Kier alpha value is -0.450. The standard InChI is InChI=1S/C16H30N2OS/c1-13(2)10-17-11-16-15(6-8-19-16)12-18(4)14(3)7-9-20-5/h6,8,13-14,17H,7,9-12H2,1-5H3. The van der Waals surface area contributed by atoms with Gasteiger partial charge in [-0.15, -0.1) is 0 Å². The van der Waals surface area contributed by atoms with Crippen molar-refractivity contribution in [3.8, 4) is 0 Å². The molecule has 0 amide bonds. The van der Waals surface area contributed by atoms with Gasteiger partial charge in [0.2, 0.25) is 0 Å². The average molecular weight is 298 g/mol. The van der Waals surface area contributed by atoms with Crippen LogP contribution in [0.5, 0.6) is 0 Å². The van der Waals surface area contributed by atoms with E-state index in [0.717, 1.165) is 25.4 Å². The first-order valence-electron chi connectivity index (χ1n) is 7.49. The molecule has 0 aliphatic rings. The van der Waals surface area contributed by atoms with Gasteiger partial charge in [0.05, 0.1) is 12.8 Å². The summed E-state index contributed by atoms with van der Waals surface area (Å²) in [5.41, 5.74) is 1.31. The topological polar surface area (TPSA) is 28.4 Å². The lowest BCUT2D eigenvalue weighted by molar-refractivity contribution is 0.243. The molecule has 0 aromatic carbocycles. The second kappa shape index (κ2) is 9.48. The van der Waals surface area contributed by atoms with Crippen molar-refractivity contribution in [1.29, 1.82) is 0 Å². The SMILES string of the molecule is CSCCC(C)N(C)Cc1ccoc1CNCC(C)C. The highest BCUT2D eigenvalue weighted by atomic mass is 32.2. The smallest absolute Gasteiger partial charge is 0.122 e. The Morgan fingerprint density at radius 1 is 1.35 bits per heavy atom. The summed E-state index contributed by atoms with van der Waals surface area (Å²) < 4.78 is 5.61. The first-order chi connectivity index (χ1) is 9.54. The Kier molecular flexibility index (Phi) is 8.34. The van der Waals surface area contributed by atoms with Crippen LogP contribution >= 0.6 is 11.8 Å². The van der Waals surface area contributed by atoms with E-state index in [0.29, 0.717) is 12.0 Å². The lowest BCUT2D eigenvalue weighted by Crippen LogP contribution is -2.29. The van der Waals surface area contributed by atoms with E-state index in [4.69, 9.17) is 4.42 Å². The zero-order valence-electron chi connectivity index (χ0n) is 13.6. The predicted molar refractivity (Wildman–Crippen MR) is 89.2 cm³/mol. The molecular weight excluding hydrogens is 268 g/mol. The van der Waals surface area contributed by atoms with Gasteiger partial charge in [0.1, 0.15) is 5.76 Å². The lowest BCUT2D eigenvalue weighted by Gasteiger charge is -2.24. The minimum absolute atomic E-state index is 0.605. The molecule has 1 aromatic heterocycles. The Balaban J connectivity index is 2.45. The van der Waals surface area contributed by atoms with Crippen LogP contribution in [-0.4, -0.2) is 36.5 Å². The normalized spacial score (nSPS) is 13.3. The summed E-state index contributed by atoms with van der Waals surface area (Å²) in [5, 5.41) is 3.45. The molecule has 0 radical (unpaired) electrons. The number of thioether (sulfide) groups is 1. The highest BCUT2D eigenvalue weighted by Gasteiger charge is 2.13. The first kappa shape index (κ1) is 17.6. The van der Waals surface area contributed by atoms with Gasteiger partial charge in [0.25, 0.3) is 0 Å². The number of furan rings is 1. The van der Waals surface area contributed by atoms with E-state index in [1.54, 1.807) is 0 Å². The van der Waals surface area contributed by atoms with Crippen molar-refractivity contribution in [2.45, 2.75) is 46.3 Å². The third-order valence-corrected chi connectivity index (χ3v) is 4.23. The Morgan fingerprint density at radius 3 is 2.75 bits per heavy atom. The van der Waals surface area contributed by atoms with Crippen LogP contribution in [0.15, 0.2) is 16.7 Å². The molecule has 0 bridgehead atoms. The lowest BCUT2D eigenvalue weighted by atomic mass is 10.1. The van der Waals surface area contributed by atoms with E-state index in [1.807, 2.05) is 18.0 Å². The maximum absolute atomic E-state index is 5.61. The molecule has 0 saturated carbocycles. The van der Waals surface area contributed by atoms with Crippen molar-refractivity contribution in [2.75, 3.05) is 25.6 Å². The summed E-state index contributed by atoms with van der Waals surface area (Å²) >= 11 is 1.92. The van der Waals surface area contributed by atoms with E-state index >= 15 is 0 Å². The van der Waals surface area contributed by atoms with Gasteiger partial charge in [-0.3, -0.25) is 4.90 Å². The molecule has 1 unspecified atom stereocenters. The Labute approximate surface area is 128 Å². The zero-order chi connectivity index (χ0) is 15.0. The summed E-state index contributed by atoms with van der Waals surface area (Å²) in [6, 6.07) is 2.71. The van der Waals surface area contributed by atoms with Crippen LogP contribution in [0.4, 0.5) is 0 Å². The quantitative estimate of drug-likeness (QED) is 0.714. The highest BCUT2D eigenvalue weighted by Crippen LogP contribution is 2.15. The van der Waals surface area contributed by atoms with Gasteiger partial charge in [-0.05, 0) is 50.9 Å². The van der Waals surface area contributed by atoms with Crippen molar-refractivity contribution in [3.05, 3.63) is 23.7 Å². The number of nitrogens with zero attached hydrogens (tertiary/aromatic N) is 1. The van der Waals surface area contributed by atoms with Gasteiger partial charge in [0.15, 0.2) is 0 Å². The molecule has 0 spiro atoms. The second-order valence-corrected chi connectivity index (χ2v) is 6.92. The minimum Gasteiger partial charge on any atom is -0.468 e. The molecule has 3 nitrogen and oxygen atoms in total. The number of hydrogen-bond acceptors (Lipinski definition) is 4. The molecule has 0 fully saturated rings. The van der Waals surface area contributed by atoms with Gasteiger partial charge in [-0.25, -0.2) is 0 Å². The molecule has 1 atom stereocenters. The van der Waals surface area contributed by atoms with Gasteiger partial charge in [-0.1, -0.05) is 13.8 Å². The molecule has 1 aromatic rings. The Morgan fingerprint density at radius 2 is 2.10 bits per heavy atom. The van der Waals surface area contributed by atoms with Crippen molar-refractivity contribution in [2.24, 2.45) is 5.92 Å². The number of hydrogen-bond donors (Lipinski definition) is 1. The molecule has 1 N–H and O–H groups in total. The third kappa shape index (κ3) is 6.33. The summed E-state index contributed by atoms with van der Waals surface area (Å²) in [4.78, 5) is 2.41. The van der Waals surface area contributed by atoms with E-state index in [9.17, 15) is 0 Å². The van der Waals surface area contributed by atoms with Gasteiger partial charge in [-0.2, -0.15) is 11.8 Å². The molecule has 0 saturated heterocycles. The molecule has 4 heteroatoms. The predicted octanol–water partition coefficient (Wildman–Crippen LogP) is 3.60. The van der Waals surface area contributed by atoms with Crippen molar-refractivity contribution in [1.82, 2.24) is 10.2 Å². The van der Waals surface area contributed by atoms with E-state index < -0.39 is 0 Å². The van der Waals surface area contributed by atoms with E-state index in [1.165, 1.54) is 17.7 Å². The molecule has 1 heterocycles. The van der Waals surface area contributed by atoms with Crippen LogP contribution in [-0.2, 0) is 13.1 Å². The molecule has 116 valence electrons. The van der Waals surface area contributed by atoms with Crippen molar-refractivity contribution < 1.29 is 4.42 Å². The molecule has 0 aliphatic heterocycles. The van der Waals surface area contributed by atoms with Crippen LogP contribution in [0.2, 0.25) is 0 Å². The van der Waals surface area contributed by atoms with Gasteiger partial charge >= 0.3 is 0 Å². The first-order valence-corrected chi connectivity index (χ1v) is 8.89. The zero-order valence-corrected chi connectivity index (χ0v) is 14.4. The van der Waals surface area contributed by atoms with Crippen LogP contribution in [0, 0.1) is 5.92 Å². The highest BCUT2D eigenvalue weighted by molar-refractivity contribution is 7.98. The van der Waals surface area contributed by atoms with Crippen LogP contribution in [0.25, 0.3) is 0 Å². The summed E-state index contributed by atoms with van der Waals surface area (Å²) in [7, 11) is 2.20. The molecule has 0 aliphatic carbocycles. The average Bonchev–Trinajstić information content (AvgIpc) is 2.83.